The van der Waals surface area contributed by atoms with Crippen LogP contribution in [0, 0.1) is 5.92 Å². The van der Waals surface area contributed by atoms with E-state index in [0.717, 1.165) is 23.4 Å². The average Bonchev–Trinajstić information content (AvgIpc) is 3.11. The van der Waals surface area contributed by atoms with Crippen molar-refractivity contribution in [3.8, 4) is 0 Å². The van der Waals surface area contributed by atoms with Gasteiger partial charge in [0.15, 0.2) is 0 Å². The highest BCUT2D eigenvalue weighted by Gasteiger charge is 2.30. The van der Waals surface area contributed by atoms with Gasteiger partial charge in [0.1, 0.15) is 0 Å². The molecule has 0 saturated carbocycles. The molecule has 1 aliphatic carbocycles. The van der Waals surface area contributed by atoms with E-state index in [1.807, 2.05) is 37.3 Å². The minimum absolute atomic E-state index is 0.000185. The topological polar surface area (TPSA) is 49.4 Å². The first kappa shape index (κ1) is 14.5. The standard InChI is InChI=1S/C18H18N2O2S/c1-11-10-20(14-7-3-2-6-13(14)19-17(11)21)18(22)16-9-12-5-4-8-15(12)23-16/h2-3,6-7,9,11H,4-5,8,10H2,1H3,(H,19,21)/t11-/m0/s1. The van der Waals surface area contributed by atoms with Crippen molar-refractivity contribution in [1.82, 2.24) is 0 Å². The van der Waals surface area contributed by atoms with Gasteiger partial charge in [-0.15, -0.1) is 11.3 Å². The SMILES string of the molecule is C[C@H]1CN(C(=O)c2cc3c(s2)CCC3)c2ccccc2NC1=O. The number of rotatable bonds is 1. The Hall–Kier alpha value is -2.14. The largest absolute Gasteiger partial charge is 0.324 e. The molecular weight excluding hydrogens is 308 g/mol. The van der Waals surface area contributed by atoms with Crippen molar-refractivity contribution in [3.63, 3.8) is 0 Å². The number of carbonyl (C=O) groups excluding carboxylic acids is 2. The zero-order chi connectivity index (χ0) is 16.0. The van der Waals surface area contributed by atoms with Crippen LogP contribution in [-0.2, 0) is 17.6 Å². The second kappa shape index (κ2) is 5.49. The van der Waals surface area contributed by atoms with Crippen LogP contribution >= 0.6 is 11.3 Å². The highest BCUT2D eigenvalue weighted by Crippen LogP contribution is 2.35. The van der Waals surface area contributed by atoms with Gasteiger partial charge in [0.05, 0.1) is 22.2 Å². The van der Waals surface area contributed by atoms with Crippen molar-refractivity contribution in [2.24, 2.45) is 5.92 Å². The number of nitrogens with one attached hydrogen (secondary N) is 1. The quantitative estimate of drug-likeness (QED) is 0.872. The summed E-state index contributed by atoms with van der Waals surface area (Å²) in [5.41, 5.74) is 2.81. The van der Waals surface area contributed by atoms with Crippen LogP contribution in [0.3, 0.4) is 0 Å². The lowest BCUT2D eigenvalue weighted by Gasteiger charge is -2.23. The Morgan fingerprint density at radius 3 is 2.96 bits per heavy atom. The van der Waals surface area contributed by atoms with Gasteiger partial charge in [-0.25, -0.2) is 0 Å². The molecule has 1 aromatic heterocycles. The molecule has 4 rings (SSSR count). The number of para-hydroxylation sites is 2. The van der Waals surface area contributed by atoms with E-state index in [0.29, 0.717) is 12.2 Å². The summed E-state index contributed by atoms with van der Waals surface area (Å²) < 4.78 is 0. The third-order valence-electron chi connectivity index (χ3n) is 4.56. The van der Waals surface area contributed by atoms with Gasteiger partial charge in [0.25, 0.3) is 5.91 Å². The smallest absolute Gasteiger partial charge is 0.268 e. The first-order chi connectivity index (χ1) is 11.1. The van der Waals surface area contributed by atoms with Crippen molar-refractivity contribution in [2.45, 2.75) is 26.2 Å². The maximum Gasteiger partial charge on any atom is 0.268 e. The molecule has 4 nitrogen and oxygen atoms in total. The number of hydrogen-bond acceptors (Lipinski definition) is 3. The molecule has 1 atom stereocenters. The lowest BCUT2D eigenvalue weighted by molar-refractivity contribution is -0.119. The monoisotopic (exact) mass is 326 g/mol. The molecule has 5 heteroatoms. The number of amides is 2. The van der Waals surface area contributed by atoms with Crippen LogP contribution in [0.4, 0.5) is 11.4 Å². The molecule has 0 fully saturated rings. The van der Waals surface area contributed by atoms with Crippen LogP contribution in [0.1, 0.15) is 33.5 Å². The molecular formula is C18H18N2O2S. The van der Waals surface area contributed by atoms with E-state index in [1.54, 1.807) is 16.2 Å². The van der Waals surface area contributed by atoms with Gasteiger partial charge in [-0.05, 0) is 43.0 Å². The van der Waals surface area contributed by atoms with Gasteiger partial charge in [0.2, 0.25) is 5.91 Å². The van der Waals surface area contributed by atoms with Crippen LogP contribution in [-0.4, -0.2) is 18.4 Å². The Bertz CT molecular complexity index is 775. The van der Waals surface area contributed by atoms with Crippen molar-refractivity contribution in [1.29, 1.82) is 0 Å². The Morgan fingerprint density at radius 1 is 1.30 bits per heavy atom. The number of fused-ring (bicyclic) bond motifs is 2. The molecule has 118 valence electrons. The van der Waals surface area contributed by atoms with Crippen LogP contribution in [0.2, 0.25) is 0 Å². The molecule has 1 aromatic carbocycles. The molecule has 0 spiro atoms. The van der Waals surface area contributed by atoms with Crippen LogP contribution in [0.15, 0.2) is 30.3 Å². The Kier molecular flexibility index (Phi) is 3.45. The average molecular weight is 326 g/mol. The molecule has 23 heavy (non-hydrogen) atoms. The van der Waals surface area contributed by atoms with E-state index in [2.05, 4.69) is 5.32 Å². The van der Waals surface area contributed by atoms with Crippen molar-refractivity contribution >= 4 is 34.5 Å². The zero-order valence-corrected chi connectivity index (χ0v) is 13.8. The zero-order valence-electron chi connectivity index (χ0n) is 13.0. The normalized spacial score (nSPS) is 19.8. The number of thiophene rings is 1. The van der Waals surface area contributed by atoms with Gasteiger partial charge < -0.3 is 10.2 Å². The number of aryl methyl sites for hydroxylation is 2. The summed E-state index contributed by atoms with van der Waals surface area (Å²) in [5, 5.41) is 2.92. The molecule has 0 bridgehead atoms. The van der Waals surface area contributed by atoms with Crippen LogP contribution < -0.4 is 10.2 Å². The molecule has 2 heterocycles. The molecule has 0 unspecified atom stereocenters. The number of carbonyl (C=O) groups is 2. The summed E-state index contributed by atoms with van der Waals surface area (Å²) in [5.74, 6) is -0.278. The van der Waals surface area contributed by atoms with E-state index in [-0.39, 0.29) is 17.7 Å². The molecule has 1 aliphatic heterocycles. The third-order valence-corrected chi connectivity index (χ3v) is 5.78. The number of nitrogens with zero attached hydrogens (tertiary/aromatic N) is 1. The minimum atomic E-state index is -0.238. The molecule has 0 radical (unpaired) electrons. The van der Waals surface area contributed by atoms with E-state index >= 15 is 0 Å². The lowest BCUT2D eigenvalue weighted by atomic mass is 10.1. The number of hydrogen-bond donors (Lipinski definition) is 1. The second-order valence-electron chi connectivity index (χ2n) is 6.24. The Labute approximate surface area is 139 Å². The van der Waals surface area contributed by atoms with Crippen LogP contribution in [0.25, 0.3) is 0 Å². The summed E-state index contributed by atoms with van der Waals surface area (Å²) >= 11 is 1.61. The fraction of sp³-hybridized carbons (Fsp3) is 0.333. The first-order valence-electron chi connectivity index (χ1n) is 7.97. The summed E-state index contributed by atoms with van der Waals surface area (Å²) in [6, 6.07) is 9.56. The minimum Gasteiger partial charge on any atom is -0.324 e. The van der Waals surface area contributed by atoms with Gasteiger partial charge in [0, 0.05) is 11.4 Å². The predicted octanol–water partition coefficient (Wildman–Crippen LogP) is 3.47. The maximum absolute atomic E-state index is 13.1. The molecule has 2 aromatic rings. The van der Waals surface area contributed by atoms with Crippen molar-refractivity contribution < 1.29 is 9.59 Å². The highest BCUT2D eigenvalue weighted by molar-refractivity contribution is 7.14. The molecule has 2 aliphatic rings. The van der Waals surface area contributed by atoms with Gasteiger partial charge in [-0.1, -0.05) is 19.1 Å². The number of anilines is 2. The molecule has 1 N–H and O–H groups in total. The second-order valence-corrected chi connectivity index (χ2v) is 7.37. The fourth-order valence-corrected chi connectivity index (χ4v) is 4.49. The summed E-state index contributed by atoms with van der Waals surface area (Å²) in [6.07, 6.45) is 3.35. The molecule has 0 saturated heterocycles. The van der Waals surface area contributed by atoms with Crippen molar-refractivity contribution in [2.75, 3.05) is 16.8 Å². The first-order valence-corrected chi connectivity index (χ1v) is 8.78. The Morgan fingerprint density at radius 2 is 2.13 bits per heavy atom. The van der Waals surface area contributed by atoms with Crippen molar-refractivity contribution in [3.05, 3.63) is 45.6 Å². The van der Waals surface area contributed by atoms with Gasteiger partial charge in [-0.2, -0.15) is 0 Å². The lowest BCUT2D eigenvalue weighted by Crippen LogP contribution is -2.35. The molecule has 2 amide bonds. The van der Waals surface area contributed by atoms with E-state index in [4.69, 9.17) is 0 Å². The third kappa shape index (κ3) is 2.45. The van der Waals surface area contributed by atoms with Crippen LogP contribution in [0.5, 0.6) is 0 Å². The van der Waals surface area contributed by atoms with Gasteiger partial charge >= 0.3 is 0 Å². The van der Waals surface area contributed by atoms with E-state index < -0.39 is 0 Å². The van der Waals surface area contributed by atoms with E-state index in [1.165, 1.54) is 16.9 Å². The summed E-state index contributed by atoms with van der Waals surface area (Å²) in [4.78, 5) is 29.1. The van der Waals surface area contributed by atoms with E-state index in [9.17, 15) is 9.59 Å². The van der Waals surface area contributed by atoms with Gasteiger partial charge in [-0.3, -0.25) is 9.59 Å². The predicted molar refractivity (Wildman–Crippen MR) is 92.3 cm³/mol. The highest BCUT2D eigenvalue weighted by atomic mass is 32.1. The fourth-order valence-electron chi connectivity index (χ4n) is 3.29. The summed E-state index contributed by atoms with van der Waals surface area (Å²) in [6.45, 7) is 2.26. The maximum atomic E-state index is 13.1. The Balaban J connectivity index is 1.73. The summed E-state index contributed by atoms with van der Waals surface area (Å²) in [7, 11) is 0. The number of benzene rings is 1.